The number of methoxy groups -OCH3 is 1. The molecule has 1 aromatic rings. The van der Waals surface area contributed by atoms with Crippen molar-refractivity contribution in [3.8, 4) is 0 Å². The molecule has 1 N–H and O–H groups in total. The van der Waals surface area contributed by atoms with E-state index in [1.54, 1.807) is 53.0 Å². The molecule has 0 radical (unpaired) electrons. The van der Waals surface area contributed by atoms with E-state index in [1.807, 2.05) is 6.92 Å². The Morgan fingerprint density at radius 2 is 1.88 bits per heavy atom. The van der Waals surface area contributed by atoms with Crippen LogP contribution in [0.4, 0.5) is 0 Å². The topological polar surface area (TPSA) is 154 Å². The predicted octanol–water partition coefficient (Wildman–Crippen LogP) is 2.99. The molecule has 2 bridgehead atoms. The molecule has 4 heterocycles. The van der Waals surface area contributed by atoms with Crippen LogP contribution in [-0.2, 0) is 42.9 Å². The van der Waals surface area contributed by atoms with Gasteiger partial charge in [0, 0.05) is 27.9 Å². The summed E-state index contributed by atoms with van der Waals surface area (Å²) in [5.41, 5.74) is -7.06. The van der Waals surface area contributed by atoms with Crippen LogP contribution in [-0.4, -0.2) is 71.0 Å². The molecule has 232 valence electrons. The van der Waals surface area contributed by atoms with Crippen LogP contribution in [0.1, 0.15) is 72.5 Å². The number of carbonyl (C=O) groups is 4. The number of aliphatic hydroxyl groups is 1. The summed E-state index contributed by atoms with van der Waals surface area (Å²) < 4.78 is 35.7. The molecule has 7 rings (SSSR count). The molecule has 11 nitrogen and oxygen atoms in total. The Morgan fingerprint density at radius 3 is 2.51 bits per heavy atom. The molecule has 3 aliphatic heterocycles. The summed E-state index contributed by atoms with van der Waals surface area (Å²) in [5.74, 6) is -3.57. The van der Waals surface area contributed by atoms with Crippen molar-refractivity contribution in [3.63, 3.8) is 0 Å². The Hall–Kier alpha value is -3.02. The number of cyclic esters (lactones) is 1. The number of ether oxygens (including phenoxy) is 5. The molecule has 0 aromatic carbocycles. The first-order valence-electron chi connectivity index (χ1n) is 14.9. The van der Waals surface area contributed by atoms with Crippen molar-refractivity contribution in [3.05, 3.63) is 35.8 Å². The third kappa shape index (κ3) is 3.01. The van der Waals surface area contributed by atoms with Gasteiger partial charge in [0.05, 0.1) is 44.0 Å². The van der Waals surface area contributed by atoms with Gasteiger partial charge < -0.3 is 33.2 Å². The van der Waals surface area contributed by atoms with Crippen molar-refractivity contribution < 1.29 is 52.4 Å². The number of furan rings is 1. The van der Waals surface area contributed by atoms with Crippen LogP contribution >= 0.6 is 0 Å². The van der Waals surface area contributed by atoms with Gasteiger partial charge in [-0.3, -0.25) is 14.4 Å². The number of fused-ring (bicyclic) bond motifs is 4. The normalized spacial score (nSPS) is 48.5. The zero-order valence-electron chi connectivity index (χ0n) is 25.4. The van der Waals surface area contributed by atoms with Crippen LogP contribution in [0.5, 0.6) is 0 Å². The minimum absolute atomic E-state index is 0.0211. The summed E-state index contributed by atoms with van der Waals surface area (Å²) in [5, 5.41) is 12.7. The van der Waals surface area contributed by atoms with Gasteiger partial charge in [0.1, 0.15) is 29.5 Å². The lowest BCUT2D eigenvalue weighted by molar-refractivity contribution is -0.247. The Bertz CT molecular complexity index is 1480. The molecule has 11 heteroatoms. The standard InChI is InChI=1S/C32H38O11/c1-8-15(2)23(35)41-25-27(3,4)17(11-20(33)38-7)29(6)24(36)30(25,37)26-31(43-26)18-12-21(34)40-22(16-9-10-39-14-16)28(18,5)13-19-32(29,31)42-19/h8-10,14,17-19,22,25-26,37H,11-13H2,1-7H3/b15-8+/t17-,18+,19+,22-,25-,26+,28+,29+,30-,31+,32-/m0/s1. The van der Waals surface area contributed by atoms with Gasteiger partial charge in [0.2, 0.25) is 0 Å². The zero-order chi connectivity index (χ0) is 31.1. The summed E-state index contributed by atoms with van der Waals surface area (Å²) in [6.07, 6.45) is 1.25. The van der Waals surface area contributed by atoms with E-state index in [4.69, 9.17) is 28.1 Å². The van der Waals surface area contributed by atoms with Crippen molar-refractivity contribution in [2.24, 2.45) is 28.1 Å². The van der Waals surface area contributed by atoms with E-state index in [1.165, 1.54) is 13.4 Å². The fourth-order valence-corrected chi connectivity index (χ4v) is 10.2. The number of hydrogen-bond acceptors (Lipinski definition) is 11. The lowest BCUT2D eigenvalue weighted by Gasteiger charge is -2.65. The number of ketones is 1. The molecule has 3 saturated heterocycles. The number of carbonyl (C=O) groups excluding carboxylic acids is 4. The third-order valence-corrected chi connectivity index (χ3v) is 12.2. The number of allylic oxidation sites excluding steroid dienone is 1. The van der Waals surface area contributed by atoms with Crippen LogP contribution in [0, 0.1) is 28.1 Å². The molecule has 0 unspecified atom stereocenters. The van der Waals surface area contributed by atoms with Crippen molar-refractivity contribution in [2.75, 3.05) is 7.11 Å². The van der Waals surface area contributed by atoms with Crippen molar-refractivity contribution in [2.45, 2.75) is 102 Å². The lowest BCUT2D eigenvalue weighted by Crippen LogP contribution is -2.83. The highest BCUT2D eigenvalue weighted by Gasteiger charge is 3.02. The minimum atomic E-state index is -2.28. The van der Waals surface area contributed by atoms with Gasteiger partial charge in [-0.25, -0.2) is 4.79 Å². The van der Waals surface area contributed by atoms with Gasteiger partial charge in [-0.05, 0) is 39.2 Å². The highest BCUT2D eigenvalue weighted by molar-refractivity contribution is 6.01. The summed E-state index contributed by atoms with van der Waals surface area (Å²) >= 11 is 0. The lowest BCUT2D eigenvalue weighted by atomic mass is 9.36. The van der Waals surface area contributed by atoms with Gasteiger partial charge in [-0.2, -0.15) is 0 Å². The van der Waals surface area contributed by atoms with Gasteiger partial charge in [0.15, 0.2) is 11.4 Å². The second-order valence-corrected chi connectivity index (χ2v) is 14.3. The van der Waals surface area contributed by atoms with E-state index in [2.05, 4.69) is 0 Å². The Morgan fingerprint density at radius 1 is 1.16 bits per heavy atom. The van der Waals surface area contributed by atoms with Crippen LogP contribution in [0.25, 0.3) is 0 Å². The first-order chi connectivity index (χ1) is 20.1. The van der Waals surface area contributed by atoms with E-state index in [-0.39, 0.29) is 12.8 Å². The largest absolute Gasteiger partial charge is 0.472 e. The number of epoxide rings is 2. The molecule has 3 aliphatic carbocycles. The summed E-state index contributed by atoms with van der Waals surface area (Å²) in [6.45, 7) is 10.6. The van der Waals surface area contributed by atoms with E-state index >= 15 is 0 Å². The zero-order valence-corrected chi connectivity index (χ0v) is 25.4. The van der Waals surface area contributed by atoms with Gasteiger partial charge >= 0.3 is 17.9 Å². The van der Waals surface area contributed by atoms with Crippen molar-refractivity contribution in [1.82, 2.24) is 0 Å². The summed E-state index contributed by atoms with van der Waals surface area (Å²) in [6, 6.07) is 1.76. The van der Waals surface area contributed by atoms with Crippen molar-refractivity contribution >= 4 is 23.7 Å². The first kappa shape index (κ1) is 28.7. The van der Waals surface area contributed by atoms with Crippen LogP contribution in [0.2, 0.25) is 0 Å². The average Bonchev–Trinajstić information content (AvgIpc) is 3.83. The minimum Gasteiger partial charge on any atom is -0.472 e. The average molecular weight is 599 g/mol. The van der Waals surface area contributed by atoms with E-state index in [0.29, 0.717) is 17.6 Å². The van der Waals surface area contributed by atoms with Crippen LogP contribution < -0.4 is 0 Å². The van der Waals surface area contributed by atoms with Crippen LogP contribution in [0.3, 0.4) is 0 Å². The number of esters is 3. The highest BCUT2D eigenvalue weighted by Crippen LogP contribution is 2.85. The van der Waals surface area contributed by atoms with E-state index in [0.717, 1.165) is 0 Å². The van der Waals surface area contributed by atoms with Gasteiger partial charge in [0.25, 0.3) is 0 Å². The summed E-state index contributed by atoms with van der Waals surface area (Å²) in [7, 11) is 1.28. The Labute approximate surface area is 249 Å². The maximum Gasteiger partial charge on any atom is 0.333 e. The number of hydrogen-bond donors (Lipinski definition) is 1. The fraction of sp³-hybridized carbons (Fsp3) is 0.688. The molecule has 3 saturated carbocycles. The molecule has 0 amide bonds. The van der Waals surface area contributed by atoms with E-state index < -0.39 is 93.0 Å². The smallest absolute Gasteiger partial charge is 0.333 e. The van der Waals surface area contributed by atoms with Crippen LogP contribution in [0.15, 0.2) is 34.7 Å². The molecular formula is C32H38O11. The quantitative estimate of drug-likeness (QED) is 0.230. The van der Waals surface area contributed by atoms with Gasteiger partial charge in [-0.1, -0.05) is 26.8 Å². The molecular weight excluding hydrogens is 560 g/mol. The maximum absolute atomic E-state index is 14.9. The first-order valence-corrected chi connectivity index (χ1v) is 14.9. The highest BCUT2D eigenvalue weighted by atomic mass is 16.7. The molecule has 6 aliphatic rings. The monoisotopic (exact) mass is 598 g/mol. The molecule has 1 aromatic heterocycles. The number of rotatable bonds is 5. The SMILES string of the molecule is C/C=C(\C)C(=O)O[C@H]1C(C)(C)[C@H](CC(=O)OC)[C@]2(C)C(=O)[C@@]1(O)[C@H]1O[C@]13[C@@H]1CC(=O)O[C@@H](c4ccoc4)[C@]1(C)C[C@H]1O[C@]132. The van der Waals surface area contributed by atoms with E-state index in [9.17, 15) is 24.3 Å². The Balaban J connectivity index is 1.43. The molecule has 6 fully saturated rings. The molecule has 43 heavy (non-hydrogen) atoms. The van der Waals surface area contributed by atoms with Gasteiger partial charge in [-0.15, -0.1) is 0 Å². The second-order valence-electron chi connectivity index (χ2n) is 14.3. The summed E-state index contributed by atoms with van der Waals surface area (Å²) in [4.78, 5) is 54.3. The number of Topliss-reactive ketones (excluding diaryl/α,β-unsaturated/α-hetero) is 1. The Kier molecular flexibility index (Phi) is 5.59. The fourth-order valence-electron chi connectivity index (χ4n) is 10.2. The van der Waals surface area contributed by atoms with Crippen molar-refractivity contribution in [1.29, 1.82) is 0 Å². The second kappa shape index (κ2) is 8.37. The maximum atomic E-state index is 14.9. The molecule has 11 atom stereocenters. The molecule has 2 spiro atoms. The third-order valence-electron chi connectivity index (χ3n) is 12.2. The predicted molar refractivity (Wildman–Crippen MR) is 145 cm³/mol.